The molecule has 1 fully saturated rings. The van der Waals surface area contributed by atoms with E-state index in [1.54, 1.807) is 30.0 Å². The Balaban J connectivity index is 1.20. The number of hydrogen-bond donors (Lipinski definition) is 3. The summed E-state index contributed by atoms with van der Waals surface area (Å²) in [6.45, 7) is 2.13. The first-order valence-corrected chi connectivity index (χ1v) is 12.6. The van der Waals surface area contributed by atoms with E-state index in [1.807, 2.05) is 48.5 Å². The monoisotopic (exact) mass is 522 g/mol. The number of nitrogens with two attached hydrogens (primary N) is 1. The van der Waals surface area contributed by atoms with E-state index in [0.717, 1.165) is 16.6 Å². The molecule has 0 radical (unpaired) electrons. The van der Waals surface area contributed by atoms with Gasteiger partial charge in [-0.25, -0.2) is 19.7 Å². The van der Waals surface area contributed by atoms with Crippen molar-refractivity contribution in [3.8, 4) is 11.3 Å². The molecular formula is C29H26N6O4. The zero-order chi connectivity index (χ0) is 27.1. The molecule has 0 bridgehead atoms. The number of benzene rings is 2. The highest BCUT2D eigenvalue weighted by atomic mass is 16.4. The number of anilines is 3. The first-order valence-electron chi connectivity index (χ1n) is 12.6. The summed E-state index contributed by atoms with van der Waals surface area (Å²) in [4.78, 5) is 40.3. The number of carboxylic acid groups (broad SMARTS) is 1. The number of nitrogens with one attached hydrogen (secondary N) is 1. The molecular weight excluding hydrogens is 496 g/mol. The van der Waals surface area contributed by atoms with Crippen molar-refractivity contribution in [1.82, 2.24) is 15.0 Å². The molecule has 0 aliphatic carbocycles. The molecule has 5 aromatic rings. The van der Waals surface area contributed by atoms with Gasteiger partial charge in [0, 0.05) is 29.6 Å². The topological polar surface area (TPSA) is 147 Å². The third-order valence-electron chi connectivity index (χ3n) is 6.97. The molecule has 196 valence electrons. The van der Waals surface area contributed by atoms with Crippen molar-refractivity contribution >= 4 is 51.3 Å². The van der Waals surface area contributed by atoms with Crippen LogP contribution < -0.4 is 16.0 Å². The highest BCUT2D eigenvalue weighted by molar-refractivity contribution is 6.06. The summed E-state index contributed by atoms with van der Waals surface area (Å²) in [7, 11) is 0. The van der Waals surface area contributed by atoms with Crippen molar-refractivity contribution in [3.05, 3.63) is 72.6 Å². The van der Waals surface area contributed by atoms with Crippen LogP contribution in [0.5, 0.6) is 0 Å². The Morgan fingerprint density at radius 1 is 1.05 bits per heavy atom. The van der Waals surface area contributed by atoms with Crippen LogP contribution in [0, 0.1) is 12.8 Å². The van der Waals surface area contributed by atoms with Crippen molar-refractivity contribution in [3.63, 3.8) is 0 Å². The lowest BCUT2D eigenvalue weighted by atomic mass is 10.0. The summed E-state index contributed by atoms with van der Waals surface area (Å²) in [5.74, 6) is 0.0589. The van der Waals surface area contributed by atoms with Crippen LogP contribution in [0.4, 0.5) is 17.3 Å². The van der Waals surface area contributed by atoms with E-state index < -0.39 is 12.0 Å². The lowest BCUT2D eigenvalue weighted by molar-refractivity contribution is -0.138. The summed E-state index contributed by atoms with van der Waals surface area (Å²) in [6, 6.07) is 19.5. The number of nitrogen functional groups attached to an aromatic ring is 1. The number of rotatable bonds is 6. The summed E-state index contributed by atoms with van der Waals surface area (Å²) in [5, 5.41) is 13.8. The number of aliphatic carboxylic acids is 1. The molecule has 10 nitrogen and oxygen atoms in total. The van der Waals surface area contributed by atoms with Crippen LogP contribution in [0.3, 0.4) is 0 Å². The van der Waals surface area contributed by atoms with Gasteiger partial charge in [-0.05, 0) is 55.7 Å². The maximum absolute atomic E-state index is 12.9. The van der Waals surface area contributed by atoms with Crippen LogP contribution in [0.25, 0.3) is 33.3 Å². The average Bonchev–Trinajstić information content (AvgIpc) is 3.50. The Kier molecular flexibility index (Phi) is 6.07. The van der Waals surface area contributed by atoms with Gasteiger partial charge in [0.1, 0.15) is 28.8 Å². The number of carbonyl (C=O) groups is 2. The number of para-hydroxylation sites is 1. The van der Waals surface area contributed by atoms with Crippen LogP contribution in [0.2, 0.25) is 0 Å². The summed E-state index contributed by atoms with van der Waals surface area (Å²) >= 11 is 0. The van der Waals surface area contributed by atoms with Gasteiger partial charge in [-0.3, -0.25) is 4.79 Å². The second-order valence-electron chi connectivity index (χ2n) is 9.76. The number of pyridine rings is 1. The number of amides is 1. The molecule has 1 aliphatic heterocycles. The third-order valence-corrected chi connectivity index (χ3v) is 6.97. The first kappa shape index (κ1) is 24.4. The summed E-state index contributed by atoms with van der Waals surface area (Å²) < 4.78 is 6.07. The molecule has 3 aromatic heterocycles. The predicted molar refractivity (Wildman–Crippen MR) is 148 cm³/mol. The van der Waals surface area contributed by atoms with Crippen LogP contribution in [0.15, 0.2) is 71.1 Å². The zero-order valence-electron chi connectivity index (χ0n) is 21.2. The molecule has 0 unspecified atom stereocenters. The van der Waals surface area contributed by atoms with Gasteiger partial charge in [-0.15, -0.1) is 0 Å². The first-order chi connectivity index (χ1) is 18.9. The Hall–Kier alpha value is -4.99. The molecule has 4 N–H and O–H groups in total. The standard InChI is InChI=1S/C29H26N6O4/c1-16-31-26-20-5-2-3-7-23(20)39-27(26)28(32-16)35-15-17(13-22(35)29(37)38)14-25(36)33-19-11-9-18(10-12-19)21-6-4-8-24(30)34-21/h2-12,17,22H,13-15H2,1H3,(H2,30,34)(H,33,36)(H,37,38)/t17-,22+/m1/s1. The normalized spacial score (nSPS) is 17.1. The van der Waals surface area contributed by atoms with Crippen molar-refractivity contribution in [2.45, 2.75) is 25.8 Å². The molecule has 1 aliphatic rings. The average molecular weight is 523 g/mol. The minimum Gasteiger partial charge on any atom is -0.480 e. The Morgan fingerprint density at radius 3 is 2.62 bits per heavy atom. The van der Waals surface area contributed by atoms with E-state index in [0.29, 0.717) is 52.8 Å². The predicted octanol–water partition coefficient (Wildman–Crippen LogP) is 4.64. The van der Waals surface area contributed by atoms with Crippen LogP contribution in [-0.4, -0.2) is 44.5 Å². The zero-order valence-corrected chi connectivity index (χ0v) is 21.2. The fourth-order valence-corrected chi connectivity index (χ4v) is 5.23. The smallest absolute Gasteiger partial charge is 0.326 e. The maximum Gasteiger partial charge on any atom is 0.326 e. The lowest BCUT2D eigenvalue weighted by Crippen LogP contribution is -2.36. The minimum atomic E-state index is -0.968. The van der Waals surface area contributed by atoms with E-state index in [9.17, 15) is 14.7 Å². The van der Waals surface area contributed by atoms with Gasteiger partial charge >= 0.3 is 5.97 Å². The third kappa shape index (κ3) is 4.72. The highest BCUT2D eigenvalue weighted by Crippen LogP contribution is 2.37. The fourth-order valence-electron chi connectivity index (χ4n) is 5.23. The molecule has 2 atom stereocenters. The van der Waals surface area contributed by atoms with Crippen molar-refractivity contribution in [1.29, 1.82) is 0 Å². The Bertz CT molecular complexity index is 1710. The second-order valence-corrected chi connectivity index (χ2v) is 9.76. The number of aryl methyl sites for hydroxylation is 1. The number of nitrogens with zero attached hydrogens (tertiary/aromatic N) is 4. The van der Waals surface area contributed by atoms with Crippen LogP contribution >= 0.6 is 0 Å². The molecule has 1 saturated heterocycles. The number of fused-ring (bicyclic) bond motifs is 3. The van der Waals surface area contributed by atoms with Gasteiger partial charge in [0.05, 0.1) is 5.69 Å². The Labute approximate surface area is 223 Å². The van der Waals surface area contributed by atoms with E-state index >= 15 is 0 Å². The molecule has 10 heteroatoms. The molecule has 0 spiro atoms. The molecule has 39 heavy (non-hydrogen) atoms. The summed E-state index contributed by atoms with van der Waals surface area (Å²) in [5.41, 5.74) is 9.81. The van der Waals surface area contributed by atoms with E-state index in [4.69, 9.17) is 10.2 Å². The molecule has 4 heterocycles. The largest absolute Gasteiger partial charge is 0.480 e. The lowest BCUT2D eigenvalue weighted by Gasteiger charge is -2.22. The minimum absolute atomic E-state index is 0.173. The number of furan rings is 1. The number of hydrogen-bond acceptors (Lipinski definition) is 8. The van der Waals surface area contributed by atoms with Gasteiger partial charge in [0.25, 0.3) is 0 Å². The van der Waals surface area contributed by atoms with Gasteiger partial charge < -0.3 is 25.5 Å². The Morgan fingerprint density at radius 2 is 1.85 bits per heavy atom. The SMILES string of the molecule is Cc1nc(N2C[C@@H](CC(=O)Nc3ccc(-c4cccc(N)n4)cc3)C[C@H]2C(=O)O)c2oc3ccccc3c2n1. The van der Waals surface area contributed by atoms with Crippen molar-refractivity contribution < 1.29 is 19.1 Å². The van der Waals surface area contributed by atoms with E-state index in [2.05, 4.69) is 20.3 Å². The van der Waals surface area contributed by atoms with Crippen LogP contribution in [0.1, 0.15) is 18.7 Å². The number of carboxylic acids is 1. The molecule has 1 amide bonds. The molecule has 6 rings (SSSR count). The van der Waals surface area contributed by atoms with E-state index in [1.165, 1.54) is 0 Å². The van der Waals surface area contributed by atoms with Gasteiger partial charge in [-0.2, -0.15) is 0 Å². The highest BCUT2D eigenvalue weighted by Gasteiger charge is 2.40. The molecule has 0 saturated carbocycles. The van der Waals surface area contributed by atoms with Crippen molar-refractivity contribution in [2.24, 2.45) is 5.92 Å². The second kappa shape index (κ2) is 9.71. The number of carbonyl (C=O) groups excluding carboxylic acids is 1. The van der Waals surface area contributed by atoms with Gasteiger partial charge in [0.15, 0.2) is 11.4 Å². The van der Waals surface area contributed by atoms with Crippen molar-refractivity contribution in [2.75, 3.05) is 22.5 Å². The van der Waals surface area contributed by atoms with Gasteiger partial charge in [0.2, 0.25) is 5.91 Å². The maximum atomic E-state index is 12.9. The van der Waals surface area contributed by atoms with Gasteiger partial charge in [-0.1, -0.05) is 30.3 Å². The van der Waals surface area contributed by atoms with Crippen LogP contribution in [-0.2, 0) is 9.59 Å². The fraction of sp³-hybridized carbons (Fsp3) is 0.207. The quantitative estimate of drug-likeness (QED) is 0.290. The summed E-state index contributed by atoms with van der Waals surface area (Å²) in [6.07, 6.45) is 0.486. The molecule has 2 aromatic carbocycles. The number of aromatic nitrogens is 3. The van der Waals surface area contributed by atoms with E-state index in [-0.39, 0.29) is 18.2 Å².